The summed E-state index contributed by atoms with van der Waals surface area (Å²) in [5.41, 5.74) is 2.78. The van der Waals surface area contributed by atoms with Crippen molar-refractivity contribution in [1.29, 1.82) is 0 Å². The summed E-state index contributed by atoms with van der Waals surface area (Å²) < 4.78 is 10.7. The molecule has 0 unspecified atom stereocenters. The fourth-order valence-electron chi connectivity index (χ4n) is 2.26. The van der Waals surface area contributed by atoms with Crippen molar-refractivity contribution < 1.29 is 19.1 Å². The molecule has 6 heteroatoms. The molecule has 0 saturated heterocycles. The summed E-state index contributed by atoms with van der Waals surface area (Å²) in [4.78, 5) is 23.9. The van der Waals surface area contributed by atoms with Gasteiger partial charge in [-0.3, -0.25) is 4.79 Å². The molecule has 0 saturated carbocycles. The smallest absolute Gasteiger partial charge is 0.338 e. The van der Waals surface area contributed by atoms with Crippen molar-refractivity contribution in [1.82, 2.24) is 0 Å². The van der Waals surface area contributed by atoms with Crippen LogP contribution >= 0.6 is 0 Å². The van der Waals surface area contributed by atoms with E-state index in [1.54, 1.807) is 24.3 Å². The lowest BCUT2D eigenvalue weighted by Crippen LogP contribution is -2.21. The van der Waals surface area contributed by atoms with Crippen LogP contribution < -0.4 is 15.4 Å². The van der Waals surface area contributed by atoms with Crippen LogP contribution in [0.2, 0.25) is 0 Å². The van der Waals surface area contributed by atoms with Crippen LogP contribution in [0, 0.1) is 0 Å². The van der Waals surface area contributed by atoms with Gasteiger partial charge in [0.15, 0.2) is 0 Å². The van der Waals surface area contributed by atoms with Gasteiger partial charge in [0, 0.05) is 17.4 Å². The summed E-state index contributed by atoms with van der Waals surface area (Å²) >= 11 is 0. The quantitative estimate of drug-likeness (QED) is 0.474. The molecule has 2 rings (SSSR count). The summed E-state index contributed by atoms with van der Waals surface area (Å²) in [6.07, 6.45) is 0.774. The molecule has 0 spiro atoms. The van der Waals surface area contributed by atoms with Crippen LogP contribution in [0.4, 0.5) is 11.4 Å². The molecule has 0 fully saturated rings. The van der Waals surface area contributed by atoms with Gasteiger partial charge >= 0.3 is 5.97 Å². The molecule has 0 aromatic heterocycles. The van der Waals surface area contributed by atoms with Crippen LogP contribution in [-0.2, 0) is 9.53 Å². The van der Waals surface area contributed by atoms with Gasteiger partial charge in [-0.15, -0.1) is 0 Å². The number of rotatable bonds is 10. The van der Waals surface area contributed by atoms with Crippen molar-refractivity contribution in [2.45, 2.75) is 20.3 Å². The van der Waals surface area contributed by atoms with Crippen LogP contribution in [0.5, 0.6) is 5.75 Å². The van der Waals surface area contributed by atoms with Gasteiger partial charge in [0.25, 0.3) is 0 Å². The largest absolute Gasteiger partial charge is 0.489 e. The first-order chi connectivity index (χ1) is 13.5. The number of ether oxygens (including phenoxy) is 2. The number of benzene rings is 2. The van der Waals surface area contributed by atoms with Gasteiger partial charge in [-0.05, 0) is 55.3 Å². The van der Waals surface area contributed by atoms with Gasteiger partial charge in [-0.25, -0.2) is 4.79 Å². The number of nitrogens with one attached hydrogen (secondary N) is 2. The summed E-state index contributed by atoms with van der Waals surface area (Å²) in [6, 6.07) is 14.0. The monoisotopic (exact) mass is 382 g/mol. The van der Waals surface area contributed by atoms with E-state index in [1.165, 1.54) is 0 Å². The molecule has 6 nitrogen and oxygen atoms in total. The van der Waals surface area contributed by atoms with E-state index in [2.05, 4.69) is 17.2 Å². The third-order valence-corrected chi connectivity index (χ3v) is 3.61. The molecular weight excluding hydrogens is 356 g/mol. The molecule has 0 bridgehead atoms. The molecule has 1 amide bonds. The Morgan fingerprint density at radius 3 is 2.50 bits per heavy atom. The summed E-state index contributed by atoms with van der Waals surface area (Å²) in [5.74, 6) is 0.142. The Bertz CT molecular complexity index is 816. The average molecular weight is 382 g/mol. The Labute approximate surface area is 165 Å². The molecule has 2 N–H and O–H groups in total. The van der Waals surface area contributed by atoms with Gasteiger partial charge in [0.05, 0.1) is 18.7 Å². The Morgan fingerprint density at radius 1 is 1.07 bits per heavy atom. The summed E-state index contributed by atoms with van der Waals surface area (Å²) in [5, 5.41) is 5.84. The van der Waals surface area contributed by atoms with Crippen LogP contribution in [-0.4, -0.2) is 31.6 Å². The Hall–Kier alpha value is -3.28. The molecule has 0 aliphatic heterocycles. The topological polar surface area (TPSA) is 76.7 Å². The molecule has 0 aliphatic carbocycles. The molecular formula is C22H26N2O4. The zero-order valence-electron chi connectivity index (χ0n) is 16.3. The van der Waals surface area contributed by atoms with Crippen molar-refractivity contribution in [2.75, 3.05) is 30.4 Å². The number of carbonyl (C=O) groups is 2. The minimum atomic E-state index is -0.366. The highest BCUT2D eigenvalue weighted by Gasteiger charge is 2.08. The van der Waals surface area contributed by atoms with E-state index in [1.807, 2.05) is 38.1 Å². The highest BCUT2D eigenvalue weighted by molar-refractivity contribution is 5.95. The SMILES string of the molecule is C=C(C)COc1cccc(NCC(=O)Nc2ccc(C(=O)OCCC)cc2)c1. The van der Waals surface area contributed by atoms with E-state index in [4.69, 9.17) is 9.47 Å². The van der Waals surface area contributed by atoms with E-state index in [0.717, 1.165) is 17.7 Å². The van der Waals surface area contributed by atoms with Gasteiger partial charge in [0.2, 0.25) is 5.91 Å². The number of amides is 1. The Balaban J connectivity index is 1.83. The number of hydrogen-bond donors (Lipinski definition) is 2. The normalized spacial score (nSPS) is 10.1. The average Bonchev–Trinajstić information content (AvgIpc) is 2.70. The van der Waals surface area contributed by atoms with Crippen molar-refractivity contribution in [3.63, 3.8) is 0 Å². The van der Waals surface area contributed by atoms with E-state index in [-0.39, 0.29) is 18.4 Å². The number of carbonyl (C=O) groups excluding carboxylic acids is 2. The minimum absolute atomic E-state index is 0.101. The maximum Gasteiger partial charge on any atom is 0.338 e. The summed E-state index contributed by atoms with van der Waals surface area (Å²) in [7, 11) is 0. The number of esters is 1. The molecule has 2 aromatic carbocycles. The number of hydrogen-bond acceptors (Lipinski definition) is 5. The lowest BCUT2D eigenvalue weighted by molar-refractivity contribution is -0.114. The lowest BCUT2D eigenvalue weighted by atomic mass is 10.2. The second-order valence-corrected chi connectivity index (χ2v) is 6.39. The highest BCUT2D eigenvalue weighted by Crippen LogP contribution is 2.18. The molecule has 0 heterocycles. The second-order valence-electron chi connectivity index (χ2n) is 6.39. The van der Waals surface area contributed by atoms with Crippen molar-refractivity contribution in [2.24, 2.45) is 0 Å². The molecule has 28 heavy (non-hydrogen) atoms. The van der Waals surface area contributed by atoms with Gasteiger partial charge in [-0.2, -0.15) is 0 Å². The number of anilines is 2. The summed E-state index contributed by atoms with van der Waals surface area (Å²) in [6.45, 7) is 8.58. The first-order valence-electron chi connectivity index (χ1n) is 9.16. The Morgan fingerprint density at radius 2 is 1.82 bits per heavy atom. The highest BCUT2D eigenvalue weighted by atomic mass is 16.5. The molecule has 0 atom stereocenters. The fourth-order valence-corrected chi connectivity index (χ4v) is 2.26. The van der Waals surface area contributed by atoms with E-state index in [9.17, 15) is 9.59 Å². The zero-order valence-corrected chi connectivity index (χ0v) is 16.3. The Kier molecular flexibility index (Phi) is 8.09. The molecule has 2 aromatic rings. The van der Waals surface area contributed by atoms with Crippen LogP contribution in [0.1, 0.15) is 30.6 Å². The van der Waals surface area contributed by atoms with Crippen LogP contribution in [0.3, 0.4) is 0 Å². The minimum Gasteiger partial charge on any atom is -0.489 e. The third kappa shape index (κ3) is 7.15. The zero-order chi connectivity index (χ0) is 20.4. The maximum atomic E-state index is 12.1. The second kappa shape index (κ2) is 10.8. The first-order valence-corrected chi connectivity index (χ1v) is 9.16. The van der Waals surface area contributed by atoms with Gasteiger partial charge < -0.3 is 20.1 Å². The predicted molar refractivity (Wildman–Crippen MR) is 111 cm³/mol. The van der Waals surface area contributed by atoms with E-state index >= 15 is 0 Å². The third-order valence-electron chi connectivity index (χ3n) is 3.61. The van der Waals surface area contributed by atoms with E-state index in [0.29, 0.717) is 30.2 Å². The maximum absolute atomic E-state index is 12.1. The first kappa shape index (κ1) is 21.0. The van der Waals surface area contributed by atoms with Crippen LogP contribution in [0.15, 0.2) is 60.7 Å². The van der Waals surface area contributed by atoms with Crippen LogP contribution in [0.25, 0.3) is 0 Å². The predicted octanol–water partition coefficient (Wildman–Crippen LogP) is 4.26. The van der Waals surface area contributed by atoms with E-state index < -0.39 is 0 Å². The standard InChI is InChI=1S/C22H26N2O4/c1-4-12-27-22(26)17-8-10-18(11-9-17)24-21(25)14-23-19-6-5-7-20(13-19)28-15-16(2)3/h5-11,13,23H,2,4,12,14-15H2,1,3H3,(H,24,25). The molecule has 0 radical (unpaired) electrons. The van der Waals surface area contributed by atoms with Crippen molar-refractivity contribution in [3.05, 3.63) is 66.2 Å². The van der Waals surface area contributed by atoms with Gasteiger partial charge in [0.1, 0.15) is 12.4 Å². The van der Waals surface area contributed by atoms with Crippen molar-refractivity contribution >= 4 is 23.3 Å². The molecule has 148 valence electrons. The molecule has 0 aliphatic rings. The van der Waals surface area contributed by atoms with Crippen molar-refractivity contribution in [3.8, 4) is 5.75 Å². The lowest BCUT2D eigenvalue weighted by Gasteiger charge is -2.10. The van der Waals surface area contributed by atoms with Gasteiger partial charge in [-0.1, -0.05) is 19.6 Å². The fraction of sp³-hybridized carbons (Fsp3) is 0.273.